The minimum absolute atomic E-state index is 0.0530. The molecule has 1 aliphatic rings. The van der Waals surface area contributed by atoms with Gasteiger partial charge in [-0.1, -0.05) is 23.2 Å². The Hall–Kier alpha value is -0.420. The highest BCUT2D eigenvalue weighted by Crippen LogP contribution is 2.28. The largest absolute Gasteiger partial charge is 0.384 e. The third-order valence-electron chi connectivity index (χ3n) is 3.65. The number of ether oxygens (including phenoxy) is 1. The number of benzene rings is 1. The smallest absolute Gasteiger partial charge is 0.244 e. The van der Waals surface area contributed by atoms with Crippen LogP contribution in [0.25, 0.3) is 0 Å². The average molecular weight is 417 g/mol. The van der Waals surface area contributed by atoms with Crippen LogP contribution in [0.15, 0.2) is 23.1 Å². The van der Waals surface area contributed by atoms with Crippen molar-refractivity contribution in [3.05, 3.63) is 28.2 Å². The van der Waals surface area contributed by atoms with Gasteiger partial charge in [0, 0.05) is 38.3 Å². The van der Waals surface area contributed by atoms with Gasteiger partial charge in [0.05, 0.1) is 17.4 Å². The number of sulfonamides is 2. The van der Waals surface area contributed by atoms with Crippen LogP contribution in [0.1, 0.15) is 0 Å². The maximum Gasteiger partial charge on any atom is 0.244 e. The Bertz CT molecular complexity index is 791. The molecule has 0 aliphatic carbocycles. The first-order valence-electron chi connectivity index (χ1n) is 7.10. The monoisotopic (exact) mass is 416 g/mol. The molecule has 11 heteroatoms. The summed E-state index contributed by atoms with van der Waals surface area (Å²) in [6.07, 6.45) is 0. The van der Waals surface area contributed by atoms with Crippen LogP contribution in [0.3, 0.4) is 0 Å². The van der Waals surface area contributed by atoms with E-state index in [-0.39, 0.29) is 53.5 Å². The van der Waals surface area contributed by atoms with Crippen molar-refractivity contribution in [3.8, 4) is 0 Å². The van der Waals surface area contributed by atoms with Crippen LogP contribution in [-0.2, 0) is 24.8 Å². The molecule has 1 aromatic rings. The molecule has 0 aromatic heterocycles. The number of rotatable bonds is 6. The molecule has 1 heterocycles. The average Bonchev–Trinajstić information content (AvgIpc) is 2.55. The third-order valence-corrected chi connectivity index (χ3v) is 8.10. The Morgan fingerprint density at radius 3 is 2.21 bits per heavy atom. The van der Waals surface area contributed by atoms with Gasteiger partial charge in [0.15, 0.2) is 0 Å². The lowest BCUT2D eigenvalue weighted by molar-refractivity contribution is 0.213. The fourth-order valence-electron chi connectivity index (χ4n) is 2.32. The number of nitrogens with zero attached hydrogens (tertiary/aromatic N) is 2. The molecule has 0 atom stereocenters. The van der Waals surface area contributed by atoms with Crippen LogP contribution < -0.4 is 0 Å². The number of piperazine rings is 1. The molecular formula is C13H18Cl2N2O5S2. The van der Waals surface area contributed by atoms with Crippen LogP contribution in [0.2, 0.25) is 10.0 Å². The molecule has 136 valence electrons. The van der Waals surface area contributed by atoms with Gasteiger partial charge in [-0.2, -0.15) is 8.61 Å². The van der Waals surface area contributed by atoms with Gasteiger partial charge < -0.3 is 4.74 Å². The van der Waals surface area contributed by atoms with Gasteiger partial charge in [-0.15, -0.1) is 0 Å². The predicted octanol–water partition coefficient (Wildman–Crippen LogP) is 1.28. The van der Waals surface area contributed by atoms with Crippen LogP contribution in [0, 0.1) is 0 Å². The Morgan fingerprint density at radius 1 is 1.04 bits per heavy atom. The molecule has 0 spiro atoms. The molecule has 0 saturated carbocycles. The summed E-state index contributed by atoms with van der Waals surface area (Å²) in [5, 5.41) is 0.341. The van der Waals surface area contributed by atoms with E-state index in [0.29, 0.717) is 0 Å². The Kier molecular flexibility index (Phi) is 6.52. The fraction of sp³-hybridized carbons (Fsp3) is 0.538. The Balaban J connectivity index is 2.13. The summed E-state index contributed by atoms with van der Waals surface area (Å²) in [5.74, 6) is -0.129. The standard InChI is InChI=1S/C13H18Cl2N2O5S2/c1-22-8-9-23(18,19)16-4-6-17(7-5-16)24(20,21)13-10-11(14)2-3-12(13)15/h2-3,10H,4-9H2,1H3. The van der Waals surface area contributed by atoms with Crippen LogP contribution >= 0.6 is 23.2 Å². The van der Waals surface area contributed by atoms with Crippen molar-refractivity contribution in [1.82, 2.24) is 8.61 Å². The predicted molar refractivity (Wildman–Crippen MR) is 92.5 cm³/mol. The van der Waals surface area contributed by atoms with E-state index in [1.807, 2.05) is 0 Å². The van der Waals surface area contributed by atoms with Gasteiger partial charge in [-0.25, -0.2) is 16.8 Å². The second-order valence-electron chi connectivity index (χ2n) is 5.19. The summed E-state index contributed by atoms with van der Waals surface area (Å²) >= 11 is 11.8. The van der Waals surface area contributed by atoms with Crippen molar-refractivity contribution >= 4 is 43.2 Å². The van der Waals surface area contributed by atoms with Gasteiger partial charge in [-0.3, -0.25) is 0 Å². The third kappa shape index (κ3) is 4.40. The van der Waals surface area contributed by atoms with Crippen molar-refractivity contribution in [2.45, 2.75) is 4.90 Å². The molecule has 0 unspecified atom stereocenters. The van der Waals surface area contributed by atoms with Crippen molar-refractivity contribution < 1.29 is 21.6 Å². The molecule has 1 aliphatic heterocycles. The maximum atomic E-state index is 12.7. The first kappa shape index (κ1) is 19.9. The van der Waals surface area contributed by atoms with Gasteiger partial charge in [0.1, 0.15) is 4.90 Å². The van der Waals surface area contributed by atoms with Gasteiger partial charge >= 0.3 is 0 Å². The fourth-order valence-corrected chi connectivity index (χ4v) is 5.83. The molecule has 1 saturated heterocycles. The van der Waals surface area contributed by atoms with E-state index in [1.165, 1.54) is 33.9 Å². The minimum Gasteiger partial charge on any atom is -0.384 e. The van der Waals surface area contributed by atoms with E-state index in [2.05, 4.69) is 0 Å². The first-order chi connectivity index (χ1) is 11.2. The molecule has 0 N–H and O–H groups in total. The number of methoxy groups -OCH3 is 1. The van der Waals surface area contributed by atoms with E-state index in [9.17, 15) is 16.8 Å². The van der Waals surface area contributed by atoms with Gasteiger partial charge in [-0.05, 0) is 18.2 Å². The number of hydrogen-bond acceptors (Lipinski definition) is 5. The highest BCUT2D eigenvalue weighted by Gasteiger charge is 2.33. The van der Waals surface area contributed by atoms with Crippen molar-refractivity contribution in [2.24, 2.45) is 0 Å². The maximum absolute atomic E-state index is 12.7. The molecule has 24 heavy (non-hydrogen) atoms. The summed E-state index contributed by atoms with van der Waals surface area (Å²) < 4.78 is 56.9. The lowest BCUT2D eigenvalue weighted by atomic mass is 10.4. The molecule has 0 radical (unpaired) electrons. The normalized spacial score (nSPS) is 18.0. The first-order valence-corrected chi connectivity index (χ1v) is 10.9. The molecule has 2 rings (SSSR count). The van der Waals surface area contributed by atoms with Crippen molar-refractivity contribution in [2.75, 3.05) is 45.6 Å². The van der Waals surface area contributed by atoms with E-state index in [1.54, 1.807) is 0 Å². The van der Waals surface area contributed by atoms with E-state index in [0.717, 1.165) is 0 Å². The highest BCUT2D eigenvalue weighted by atomic mass is 35.5. The molecule has 0 bridgehead atoms. The zero-order valence-electron chi connectivity index (χ0n) is 13.0. The molecule has 1 aromatic carbocycles. The van der Waals surface area contributed by atoms with Crippen LogP contribution in [0.5, 0.6) is 0 Å². The highest BCUT2D eigenvalue weighted by molar-refractivity contribution is 7.89. The molecule has 1 fully saturated rings. The summed E-state index contributed by atoms with van der Waals surface area (Å²) in [7, 11) is -5.86. The molecule has 0 amide bonds. The lowest BCUT2D eigenvalue weighted by Crippen LogP contribution is -2.51. The summed E-state index contributed by atoms with van der Waals surface area (Å²) in [4.78, 5) is -0.0765. The van der Waals surface area contributed by atoms with Crippen molar-refractivity contribution in [1.29, 1.82) is 0 Å². The zero-order chi connectivity index (χ0) is 18.0. The van der Waals surface area contributed by atoms with Gasteiger partial charge in [0.25, 0.3) is 0 Å². The molecular weight excluding hydrogens is 399 g/mol. The minimum atomic E-state index is -3.83. The summed E-state index contributed by atoms with van der Waals surface area (Å²) in [6, 6.07) is 4.21. The second kappa shape index (κ2) is 7.86. The van der Waals surface area contributed by atoms with E-state index < -0.39 is 20.0 Å². The van der Waals surface area contributed by atoms with E-state index >= 15 is 0 Å². The topological polar surface area (TPSA) is 84.0 Å². The Morgan fingerprint density at radius 2 is 1.62 bits per heavy atom. The van der Waals surface area contributed by atoms with E-state index in [4.69, 9.17) is 27.9 Å². The zero-order valence-corrected chi connectivity index (χ0v) is 16.1. The SMILES string of the molecule is COCCS(=O)(=O)N1CCN(S(=O)(=O)c2cc(Cl)ccc2Cl)CC1. The second-order valence-corrected chi connectivity index (χ2v) is 10.0. The summed E-state index contributed by atoms with van der Waals surface area (Å²) in [6.45, 7) is 0.376. The number of hydrogen-bond donors (Lipinski definition) is 0. The molecule has 7 nitrogen and oxygen atoms in total. The lowest BCUT2D eigenvalue weighted by Gasteiger charge is -2.33. The van der Waals surface area contributed by atoms with Crippen molar-refractivity contribution in [3.63, 3.8) is 0 Å². The van der Waals surface area contributed by atoms with Crippen LogP contribution in [-0.4, -0.2) is 71.1 Å². The van der Waals surface area contributed by atoms with Gasteiger partial charge in [0.2, 0.25) is 20.0 Å². The Labute approximate surface area is 152 Å². The van der Waals surface area contributed by atoms with Crippen LogP contribution in [0.4, 0.5) is 0 Å². The number of halogens is 2. The quantitative estimate of drug-likeness (QED) is 0.696. The summed E-state index contributed by atoms with van der Waals surface area (Å²) in [5.41, 5.74) is 0.